The van der Waals surface area contributed by atoms with Crippen LogP contribution in [0.3, 0.4) is 0 Å². The van der Waals surface area contributed by atoms with Crippen LogP contribution in [0.15, 0.2) is 12.5 Å². The first-order chi connectivity index (χ1) is 8.79. The van der Waals surface area contributed by atoms with Gasteiger partial charge in [-0.05, 0) is 50.0 Å². The Balaban J connectivity index is 1.58. The van der Waals surface area contributed by atoms with Gasteiger partial charge < -0.3 is 15.6 Å². The van der Waals surface area contributed by atoms with Gasteiger partial charge >= 0.3 is 0 Å². The average Bonchev–Trinajstić information content (AvgIpc) is 3.26. The van der Waals surface area contributed by atoms with Crippen molar-refractivity contribution in [3.8, 4) is 0 Å². The van der Waals surface area contributed by atoms with E-state index in [1.54, 1.807) is 0 Å². The minimum Gasteiger partial charge on any atom is -0.336 e. The number of aromatic nitrogens is 2. The van der Waals surface area contributed by atoms with Gasteiger partial charge in [-0.3, -0.25) is 0 Å². The molecule has 100 valence electrons. The van der Waals surface area contributed by atoms with E-state index in [-0.39, 0.29) is 6.04 Å². The highest BCUT2D eigenvalue weighted by atomic mass is 15.1. The van der Waals surface area contributed by atoms with E-state index in [4.69, 9.17) is 5.73 Å². The Morgan fingerprint density at radius 1 is 1.39 bits per heavy atom. The molecule has 1 atom stereocenters. The summed E-state index contributed by atoms with van der Waals surface area (Å²) in [5, 5.41) is 3.67. The van der Waals surface area contributed by atoms with Crippen LogP contribution in [-0.4, -0.2) is 22.6 Å². The van der Waals surface area contributed by atoms with Crippen molar-refractivity contribution in [1.29, 1.82) is 0 Å². The van der Waals surface area contributed by atoms with Gasteiger partial charge in [0.15, 0.2) is 0 Å². The second-order valence-corrected chi connectivity index (χ2v) is 5.96. The third-order valence-electron chi connectivity index (χ3n) is 4.50. The SMILES string of the molecule is Cn1cncc1C(CN)NCC(C1CC1)C1CC1. The van der Waals surface area contributed by atoms with E-state index in [9.17, 15) is 0 Å². The van der Waals surface area contributed by atoms with Crippen LogP contribution in [0.1, 0.15) is 37.4 Å². The Morgan fingerprint density at radius 3 is 2.50 bits per heavy atom. The van der Waals surface area contributed by atoms with Crippen LogP contribution in [0.4, 0.5) is 0 Å². The maximum atomic E-state index is 5.90. The number of nitrogens with two attached hydrogens (primary N) is 1. The summed E-state index contributed by atoms with van der Waals surface area (Å²) in [5.74, 6) is 2.89. The Morgan fingerprint density at radius 2 is 2.06 bits per heavy atom. The highest BCUT2D eigenvalue weighted by Gasteiger charge is 2.41. The predicted octanol–water partition coefficient (Wildman–Crippen LogP) is 1.45. The molecular formula is C14H24N4. The van der Waals surface area contributed by atoms with Crippen molar-refractivity contribution in [3.63, 3.8) is 0 Å². The molecule has 0 spiro atoms. The molecule has 1 unspecified atom stereocenters. The number of rotatable bonds is 7. The summed E-state index contributed by atoms with van der Waals surface area (Å²) in [6.07, 6.45) is 9.56. The Hall–Kier alpha value is -0.870. The fourth-order valence-electron chi connectivity index (χ4n) is 3.06. The second-order valence-electron chi connectivity index (χ2n) is 5.96. The fourth-order valence-corrected chi connectivity index (χ4v) is 3.06. The molecule has 0 radical (unpaired) electrons. The highest BCUT2D eigenvalue weighted by molar-refractivity contribution is 5.06. The monoisotopic (exact) mass is 248 g/mol. The van der Waals surface area contributed by atoms with Crippen LogP contribution in [0.5, 0.6) is 0 Å². The molecule has 1 heterocycles. The lowest BCUT2D eigenvalue weighted by Crippen LogP contribution is -2.34. The molecule has 0 aromatic carbocycles. The molecule has 1 aromatic heterocycles. The van der Waals surface area contributed by atoms with E-state index in [1.165, 1.54) is 31.4 Å². The molecule has 3 N–H and O–H groups in total. The number of aryl methyl sites for hydroxylation is 1. The first-order valence-corrected chi connectivity index (χ1v) is 7.19. The topological polar surface area (TPSA) is 55.9 Å². The van der Waals surface area contributed by atoms with Crippen LogP contribution < -0.4 is 11.1 Å². The summed E-state index contributed by atoms with van der Waals surface area (Å²) in [5.41, 5.74) is 7.10. The molecule has 4 nitrogen and oxygen atoms in total. The molecule has 1 aromatic rings. The van der Waals surface area contributed by atoms with E-state index < -0.39 is 0 Å². The first-order valence-electron chi connectivity index (χ1n) is 7.19. The van der Waals surface area contributed by atoms with Gasteiger partial charge in [-0.25, -0.2) is 4.98 Å². The maximum Gasteiger partial charge on any atom is 0.0946 e. The standard InChI is InChI=1S/C14H24N4/c1-18-9-16-8-14(18)13(6-15)17-7-12(10-2-3-10)11-4-5-11/h8-13,17H,2-7,15H2,1H3. The molecule has 0 saturated heterocycles. The van der Waals surface area contributed by atoms with Gasteiger partial charge in [-0.15, -0.1) is 0 Å². The number of imidazole rings is 1. The molecule has 0 bridgehead atoms. The van der Waals surface area contributed by atoms with Crippen molar-refractivity contribution in [2.45, 2.75) is 31.7 Å². The third kappa shape index (κ3) is 2.59. The minimum atomic E-state index is 0.248. The van der Waals surface area contributed by atoms with Crippen molar-refractivity contribution in [2.24, 2.45) is 30.5 Å². The molecule has 3 rings (SSSR count). The van der Waals surface area contributed by atoms with Gasteiger partial charge in [0.1, 0.15) is 0 Å². The van der Waals surface area contributed by atoms with Crippen molar-refractivity contribution < 1.29 is 0 Å². The zero-order chi connectivity index (χ0) is 12.5. The number of nitrogens with zero attached hydrogens (tertiary/aromatic N) is 2. The van der Waals surface area contributed by atoms with Crippen LogP contribution in [0, 0.1) is 17.8 Å². The van der Waals surface area contributed by atoms with Crippen LogP contribution in [-0.2, 0) is 7.05 Å². The van der Waals surface area contributed by atoms with Gasteiger partial charge in [-0.1, -0.05) is 0 Å². The summed E-state index contributed by atoms with van der Waals surface area (Å²) >= 11 is 0. The van der Waals surface area contributed by atoms with Gasteiger partial charge in [-0.2, -0.15) is 0 Å². The smallest absolute Gasteiger partial charge is 0.0946 e. The molecular weight excluding hydrogens is 224 g/mol. The van der Waals surface area contributed by atoms with Gasteiger partial charge in [0, 0.05) is 19.8 Å². The Kier molecular flexibility index (Phi) is 3.39. The van der Waals surface area contributed by atoms with Crippen molar-refractivity contribution in [1.82, 2.24) is 14.9 Å². The highest BCUT2D eigenvalue weighted by Crippen LogP contribution is 2.48. The molecule has 0 amide bonds. The van der Waals surface area contributed by atoms with Gasteiger partial charge in [0.05, 0.1) is 18.1 Å². The van der Waals surface area contributed by atoms with E-state index in [0.717, 1.165) is 24.3 Å². The molecule has 0 aliphatic heterocycles. The van der Waals surface area contributed by atoms with E-state index in [1.807, 2.05) is 19.6 Å². The molecule has 2 saturated carbocycles. The quantitative estimate of drug-likeness (QED) is 0.768. The van der Waals surface area contributed by atoms with Crippen molar-refractivity contribution in [2.75, 3.05) is 13.1 Å². The summed E-state index contributed by atoms with van der Waals surface area (Å²) in [6.45, 7) is 1.77. The Labute approximate surface area is 109 Å². The van der Waals surface area contributed by atoms with E-state index in [0.29, 0.717) is 6.54 Å². The lowest BCUT2D eigenvalue weighted by atomic mass is 9.97. The van der Waals surface area contributed by atoms with Gasteiger partial charge in [0.25, 0.3) is 0 Å². The van der Waals surface area contributed by atoms with Crippen molar-refractivity contribution in [3.05, 3.63) is 18.2 Å². The largest absolute Gasteiger partial charge is 0.336 e. The molecule has 2 fully saturated rings. The zero-order valence-corrected chi connectivity index (χ0v) is 11.2. The lowest BCUT2D eigenvalue weighted by molar-refractivity contribution is 0.353. The summed E-state index contributed by atoms with van der Waals surface area (Å²) in [4.78, 5) is 4.18. The summed E-state index contributed by atoms with van der Waals surface area (Å²) in [7, 11) is 2.03. The third-order valence-corrected chi connectivity index (χ3v) is 4.50. The first kappa shape index (κ1) is 12.2. The van der Waals surface area contributed by atoms with Gasteiger partial charge in [0.2, 0.25) is 0 Å². The van der Waals surface area contributed by atoms with Crippen LogP contribution in [0.25, 0.3) is 0 Å². The number of nitrogens with one attached hydrogen (secondary N) is 1. The molecule has 2 aliphatic carbocycles. The second kappa shape index (κ2) is 5.02. The Bertz CT molecular complexity index is 380. The zero-order valence-electron chi connectivity index (χ0n) is 11.2. The fraction of sp³-hybridized carbons (Fsp3) is 0.786. The van der Waals surface area contributed by atoms with E-state index in [2.05, 4.69) is 14.9 Å². The lowest BCUT2D eigenvalue weighted by Gasteiger charge is -2.22. The molecule has 18 heavy (non-hydrogen) atoms. The van der Waals surface area contributed by atoms with Crippen LogP contribution in [0.2, 0.25) is 0 Å². The number of hydrogen-bond donors (Lipinski definition) is 2. The molecule has 4 heteroatoms. The summed E-state index contributed by atoms with van der Waals surface area (Å²) in [6, 6.07) is 0.248. The minimum absolute atomic E-state index is 0.248. The van der Waals surface area contributed by atoms with E-state index >= 15 is 0 Å². The maximum absolute atomic E-state index is 5.90. The van der Waals surface area contributed by atoms with Crippen molar-refractivity contribution >= 4 is 0 Å². The normalized spacial score (nSPS) is 21.5. The predicted molar refractivity (Wildman–Crippen MR) is 71.9 cm³/mol. The van der Waals surface area contributed by atoms with Crippen LogP contribution >= 0.6 is 0 Å². The molecule has 2 aliphatic rings. The summed E-state index contributed by atoms with van der Waals surface area (Å²) < 4.78 is 2.06. The average molecular weight is 248 g/mol. The number of hydrogen-bond acceptors (Lipinski definition) is 3.